The Morgan fingerprint density at radius 2 is 2.00 bits per heavy atom. The zero-order valence-electron chi connectivity index (χ0n) is 14.7. The van der Waals surface area contributed by atoms with Gasteiger partial charge in [0.1, 0.15) is 17.3 Å². The number of hydrogen-bond donors (Lipinski definition) is 0. The number of halogens is 1. The van der Waals surface area contributed by atoms with E-state index in [1.165, 1.54) is 6.07 Å². The fourth-order valence-electron chi connectivity index (χ4n) is 2.93. The quantitative estimate of drug-likeness (QED) is 0.794. The SMILES string of the molecule is COc1cccc(OCC(=O)N2CCSC(c3ccccc3F)CC2)c1. The minimum atomic E-state index is -0.175. The van der Waals surface area contributed by atoms with Gasteiger partial charge in [-0.25, -0.2) is 4.39 Å². The number of nitrogens with zero attached hydrogens (tertiary/aromatic N) is 1. The number of carbonyl (C=O) groups excluding carboxylic acids is 1. The summed E-state index contributed by atoms with van der Waals surface area (Å²) in [5.41, 5.74) is 0.722. The van der Waals surface area contributed by atoms with E-state index < -0.39 is 0 Å². The van der Waals surface area contributed by atoms with Crippen LogP contribution < -0.4 is 9.47 Å². The van der Waals surface area contributed by atoms with Gasteiger partial charge in [-0.1, -0.05) is 24.3 Å². The van der Waals surface area contributed by atoms with Gasteiger partial charge in [0.2, 0.25) is 0 Å². The van der Waals surface area contributed by atoms with Gasteiger partial charge in [-0.15, -0.1) is 0 Å². The third-order valence-electron chi connectivity index (χ3n) is 4.35. The Balaban J connectivity index is 1.55. The molecule has 1 amide bonds. The van der Waals surface area contributed by atoms with Crippen molar-refractivity contribution in [1.29, 1.82) is 0 Å². The average Bonchev–Trinajstić information content (AvgIpc) is 2.93. The number of ether oxygens (including phenoxy) is 2. The summed E-state index contributed by atoms with van der Waals surface area (Å²) in [7, 11) is 1.59. The van der Waals surface area contributed by atoms with Crippen molar-refractivity contribution in [2.45, 2.75) is 11.7 Å². The Morgan fingerprint density at radius 3 is 2.81 bits per heavy atom. The summed E-state index contributed by atoms with van der Waals surface area (Å²) in [5.74, 6) is 1.85. The predicted octanol–water partition coefficient (Wildman–Crippen LogP) is 3.92. The largest absolute Gasteiger partial charge is 0.497 e. The summed E-state index contributed by atoms with van der Waals surface area (Å²) < 4.78 is 24.8. The van der Waals surface area contributed by atoms with Crippen LogP contribution in [0.5, 0.6) is 11.5 Å². The van der Waals surface area contributed by atoms with Crippen molar-refractivity contribution in [3.05, 3.63) is 59.9 Å². The summed E-state index contributed by atoms with van der Waals surface area (Å²) in [5, 5.41) is 0.0771. The number of carbonyl (C=O) groups is 1. The lowest BCUT2D eigenvalue weighted by atomic mass is 10.1. The molecule has 0 aliphatic carbocycles. The molecule has 2 aromatic carbocycles. The van der Waals surface area contributed by atoms with Gasteiger partial charge in [0, 0.05) is 35.7 Å². The van der Waals surface area contributed by atoms with E-state index in [9.17, 15) is 9.18 Å². The molecule has 3 rings (SSSR count). The first kappa shape index (κ1) is 18.6. The summed E-state index contributed by atoms with van der Waals surface area (Å²) >= 11 is 1.70. The molecule has 0 spiro atoms. The van der Waals surface area contributed by atoms with Gasteiger partial charge >= 0.3 is 0 Å². The number of rotatable bonds is 5. The molecule has 6 heteroatoms. The topological polar surface area (TPSA) is 38.8 Å². The van der Waals surface area contributed by atoms with Crippen molar-refractivity contribution in [3.63, 3.8) is 0 Å². The molecule has 1 aliphatic rings. The molecule has 0 radical (unpaired) electrons. The second kappa shape index (κ2) is 8.94. The molecule has 138 valence electrons. The third-order valence-corrected chi connectivity index (χ3v) is 5.66. The second-order valence-electron chi connectivity index (χ2n) is 6.02. The van der Waals surface area contributed by atoms with Crippen LogP contribution in [0, 0.1) is 5.82 Å². The van der Waals surface area contributed by atoms with E-state index in [2.05, 4.69) is 0 Å². The summed E-state index contributed by atoms with van der Waals surface area (Å²) in [6, 6.07) is 14.1. The molecule has 1 heterocycles. The molecule has 0 saturated carbocycles. The molecule has 1 aliphatic heterocycles. The zero-order chi connectivity index (χ0) is 18.4. The number of amides is 1. The van der Waals surface area contributed by atoms with E-state index >= 15 is 0 Å². The van der Waals surface area contributed by atoms with E-state index in [1.54, 1.807) is 42.0 Å². The lowest BCUT2D eigenvalue weighted by Crippen LogP contribution is -2.36. The van der Waals surface area contributed by atoms with E-state index in [4.69, 9.17) is 9.47 Å². The highest BCUT2D eigenvalue weighted by Gasteiger charge is 2.23. The van der Waals surface area contributed by atoms with Crippen LogP contribution in [0.4, 0.5) is 4.39 Å². The summed E-state index contributed by atoms with van der Waals surface area (Å²) in [4.78, 5) is 14.3. The molecule has 1 atom stereocenters. The van der Waals surface area contributed by atoms with E-state index in [0.29, 0.717) is 24.6 Å². The molecule has 0 N–H and O–H groups in total. The predicted molar refractivity (Wildman–Crippen MR) is 101 cm³/mol. The monoisotopic (exact) mass is 375 g/mol. The molecule has 2 aromatic rings. The number of hydrogen-bond acceptors (Lipinski definition) is 4. The van der Waals surface area contributed by atoms with Gasteiger partial charge in [0.05, 0.1) is 7.11 Å². The smallest absolute Gasteiger partial charge is 0.260 e. The molecular weight excluding hydrogens is 353 g/mol. The van der Waals surface area contributed by atoms with E-state index in [0.717, 1.165) is 17.7 Å². The number of thioether (sulfide) groups is 1. The van der Waals surface area contributed by atoms with Gasteiger partial charge in [-0.2, -0.15) is 11.8 Å². The van der Waals surface area contributed by atoms with Crippen LogP contribution in [0.2, 0.25) is 0 Å². The molecule has 1 unspecified atom stereocenters. The van der Waals surface area contributed by atoms with Crippen molar-refractivity contribution < 1.29 is 18.7 Å². The maximum Gasteiger partial charge on any atom is 0.260 e. The van der Waals surface area contributed by atoms with Crippen molar-refractivity contribution in [2.24, 2.45) is 0 Å². The lowest BCUT2D eigenvalue weighted by molar-refractivity contribution is -0.133. The second-order valence-corrected chi connectivity index (χ2v) is 7.33. The highest BCUT2D eigenvalue weighted by molar-refractivity contribution is 7.99. The van der Waals surface area contributed by atoms with Gasteiger partial charge in [-0.05, 0) is 24.6 Å². The molecule has 0 bridgehead atoms. The van der Waals surface area contributed by atoms with Crippen LogP contribution >= 0.6 is 11.8 Å². The molecule has 1 saturated heterocycles. The van der Waals surface area contributed by atoms with Crippen LogP contribution in [0.3, 0.4) is 0 Å². The molecule has 1 fully saturated rings. The lowest BCUT2D eigenvalue weighted by Gasteiger charge is -2.20. The van der Waals surface area contributed by atoms with Crippen molar-refractivity contribution in [3.8, 4) is 11.5 Å². The number of methoxy groups -OCH3 is 1. The van der Waals surface area contributed by atoms with Crippen molar-refractivity contribution >= 4 is 17.7 Å². The van der Waals surface area contributed by atoms with Gasteiger partial charge < -0.3 is 14.4 Å². The fraction of sp³-hybridized carbons (Fsp3) is 0.350. The highest BCUT2D eigenvalue weighted by atomic mass is 32.2. The van der Waals surface area contributed by atoms with Gasteiger partial charge in [0.25, 0.3) is 5.91 Å². The Hall–Kier alpha value is -2.21. The number of benzene rings is 2. The van der Waals surface area contributed by atoms with Crippen LogP contribution in [-0.2, 0) is 4.79 Å². The van der Waals surface area contributed by atoms with Crippen molar-refractivity contribution in [1.82, 2.24) is 4.90 Å². The first-order chi connectivity index (χ1) is 12.7. The van der Waals surface area contributed by atoms with Crippen LogP contribution in [-0.4, -0.2) is 43.4 Å². The first-order valence-corrected chi connectivity index (χ1v) is 9.63. The zero-order valence-corrected chi connectivity index (χ0v) is 15.5. The first-order valence-electron chi connectivity index (χ1n) is 8.58. The Kier molecular flexibility index (Phi) is 6.39. The van der Waals surface area contributed by atoms with Crippen LogP contribution in [0.1, 0.15) is 17.2 Å². The van der Waals surface area contributed by atoms with Crippen LogP contribution in [0.15, 0.2) is 48.5 Å². The van der Waals surface area contributed by atoms with Gasteiger partial charge in [-0.3, -0.25) is 4.79 Å². The Labute approximate surface area is 157 Å². The maximum atomic E-state index is 14.0. The van der Waals surface area contributed by atoms with Crippen LogP contribution in [0.25, 0.3) is 0 Å². The van der Waals surface area contributed by atoms with E-state index in [-0.39, 0.29) is 23.6 Å². The third kappa shape index (κ3) is 4.69. The van der Waals surface area contributed by atoms with E-state index in [1.807, 2.05) is 24.3 Å². The molecule has 0 aromatic heterocycles. The highest BCUT2D eigenvalue weighted by Crippen LogP contribution is 2.35. The fourth-order valence-corrected chi connectivity index (χ4v) is 4.18. The van der Waals surface area contributed by atoms with Gasteiger partial charge in [0.15, 0.2) is 6.61 Å². The Bertz CT molecular complexity index is 755. The molecular formula is C20H22FNO3S. The molecule has 26 heavy (non-hydrogen) atoms. The normalized spacial score (nSPS) is 17.5. The Morgan fingerprint density at radius 1 is 1.19 bits per heavy atom. The maximum absolute atomic E-state index is 14.0. The standard InChI is InChI=1S/C20H22FNO3S/c1-24-15-5-4-6-16(13-15)25-14-20(23)22-10-9-19(26-12-11-22)17-7-2-3-8-18(17)21/h2-8,13,19H,9-12,14H2,1H3. The van der Waals surface area contributed by atoms with Crippen molar-refractivity contribution in [2.75, 3.05) is 32.6 Å². The minimum Gasteiger partial charge on any atom is -0.497 e. The summed E-state index contributed by atoms with van der Waals surface area (Å²) in [6.45, 7) is 1.24. The average molecular weight is 375 g/mol. The minimum absolute atomic E-state index is 0.0117. The molecule has 4 nitrogen and oxygen atoms in total. The summed E-state index contributed by atoms with van der Waals surface area (Å²) in [6.07, 6.45) is 0.733.